The van der Waals surface area contributed by atoms with Crippen molar-refractivity contribution in [1.82, 2.24) is 25.0 Å². The number of aromatic hydroxyl groups is 1. The largest absolute Gasteiger partial charge is 0.493 e. The molecular formula is C24H28N6O2. The number of nitrogens with zero attached hydrogens (tertiary/aromatic N) is 5. The Labute approximate surface area is 188 Å². The number of carbonyl (C=O) groups excluding carboxylic acids is 1. The van der Waals surface area contributed by atoms with Crippen molar-refractivity contribution in [2.24, 2.45) is 5.92 Å². The van der Waals surface area contributed by atoms with Gasteiger partial charge in [-0.25, -0.2) is 4.98 Å². The van der Waals surface area contributed by atoms with Gasteiger partial charge in [0.05, 0.1) is 29.0 Å². The van der Waals surface area contributed by atoms with E-state index in [0.29, 0.717) is 35.0 Å². The summed E-state index contributed by atoms with van der Waals surface area (Å²) >= 11 is 0. The lowest BCUT2D eigenvalue weighted by Crippen LogP contribution is -2.30. The summed E-state index contributed by atoms with van der Waals surface area (Å²) in [6.45, 7) is 6.86. The summed E-state index contributed by atoms with van der Waals surface area (Å²) in [4.78, 5) is 19.0. The number of rotatable bonds is 9. The van der Waals surface area contributed by atoms with Gasteiger partial charge >= 0.3 is 0 Å². The molecule has 0 saturated carbocycles. The molecule has 32 heavy (non-hydrogen) atoms. The molecule has 0 radical (unpaired) electrons. The van der Waals surface area contributed by atoms with Crippen LogP contribution in [0.4, 0.5) is 0 Å². The fourth-order valence-electron chi connectivity index (χ4n) is 3.15. The van der Waals surface area contributed by atoms with E-state index < -0.39 is 0 Å². The van der Waals surface area contributed by atoms with Crippen molar-refractivity contribution >= 4 is 5.91 Å². The van der Waals surface area contributed by atoms with Gasteiger partial charge in [0.15, 0.2) is 5.82 Å². The van der Waals surface area contributed by atoms with E-state index in [1.54, 1.807) is 36.4 Å². The number of nitriles is 1. The SMILES string of the molecule is CCN(C)CCC(C)CNC(=O)c1ccc(-n2ncc(-c3ccc(C#N)cc3)c2O)nc1. The van der Waals surface area contributed by atoms with Gasteiger partial charge in [-0.05, 0) is 62.3 Å². The third kappa shape index (κ3) is 5.50. The maximum atomic E-state index is 12.4. The predicted molar refractivity (Wildman–Crippen MR) is 122 cm³/mol. The molecule has 0 saturated heterocycles. The highest BCUT2D eigenvalue weighted by molar-refractivity contribution is 5.93. The van der Waals surface area contributed by atoms with Crippen LogP contribution in [0.3, 0.4) is 0 Å². The Bertz CT molecular complexity index is 1080. The van der Waals surface area contributed by atoms with E-state index in [1.807, 2.05) is 0 Å². The average molecular weight is 433 g/mol. The molecule has 0 fully saturated rings. The first kappa shape index (κ1) is 23.0. The van der Waals surface area contributed by atoms with E-state index in [0.717, 1.165) is 25.1 Å². The van der Waals surface area contributed by atoms with Crippen LogP contribution in [0.2, 0.25) is 0 Å². The molecule has 2 aromatic heterocycles. The van der Waals surface area contributed by atoms with Gasteiger partial charge in [-0.2, -0.15) is 15.0 Å². The van der Waals surface area contributed by atoms with Gasteiger partial charge in [0, 0.05) is 12.7 Å². The summed E-state index contributed by atoms with van der Waals surface area (Å²) < 4.78 is 1.31. The van der Waals surface area contributed by atoms with Crippen LogP contribution < -0.4 is 5.32 Å². The highest BCUT2D eigenvalue weighted by Gasteiger charge is 2.15. The second-order valence-corrected chi connectivity index (χ2v) is 7.89. The van der Waals surface area contributed by atoms with Crippen LogP contribution in [0.1, 0.15) is 36.2 Å². The Balaban J connectivity index is 1.63. The van der Waals surface area contributed by atoms with Gasteiger partial charge in [0.2, 0.25) is 5.88 Å². The first-order chi connectivity index (χ1) is 15.4. The Morgan fingerprint density at radius 1 is 1.25 bits per heavy atom. The zero-order valence-corrected chi connectivity index (χ0v) is 18.6. The molecule has 1 atom stereocenters. The summed E-state index contributed by atoms with van der Waals surface area (Å²) in [5, 5.41) is 26.7. The van der Waals surface area contributed by atoms with Crippen LogP contribution >= 0.6 is 0 Å². The molecule has 0 spiro atoms. The standard InChI is InChI=1S/C24H28N6O2/c1-4-29(3)12-11-17(2)14-27-23(31)20-9-10-22(26-15-20)30-24(32)21(16-28-30)19-7-5-18(13-25)6-8-19/h5-10,15-17,32H,4,11-12,14H2,1-3H3,(H,27,31). The molecule has 0 bridgehead atoms. The average Bonchev–Trinajstić information content (AvgIpc) is 3.22. The van der Waals surface area contributed by atoms with Crippen LogP contribution in [0.5, 0.6) is 5.88 Å². The molecule has 8 heteroatoms. The van der Waals surface area contributed by atoms with Crippen LogP contribution in [0, 0.1) is 17.2 Å². The highest BCUT2D eigenvalue weighted by Crippen LogP contribution is 2.30. The maximum Gasteiger partial charge on any atom is 0.252 e. The fraction of sp³-hybridized carbons (Fsp3) is 0.333. The molecule has 8 nitrogen and oxygen atoms in total. The van der Waals surface area contributed by atoms with E-state index in [-0.39, 0.29) is 11.8 Å². The van der Waals surface area contributed by atoms with Crippen molar-refractivity contribution in [3.63, 3.8) is 0 Å². The third-order valence-electron chi connectivity index (χ3n) is 5.45. The van der Waals surface area contributed by atoms with Crippen LogP contribution in [-0.2, 0) is 0 Å². The van der Waals surface area contributed by atoms with E-state index in [9.17, 15) is 9.90 Å². The summed E-state index contributed by atoms with van der Waals surface area (Å²) in [7, 11) is 2.09. The summed E-state index contributed by atoms with van der Waals surface area (Å²) in [5.74, 6) is 0.532. The van der Waals surface area contributed by atoms with Gasteiger partial charge in [-0.3, -0.25) is 4.79 Å². The van der Waals surface area contributed by atoms with Crippen molar-refractivity contribution in [3.8, 4) is 28.9 Å². The van der Waals surface area contributed by atoms with Crippen LogP contribution in [-0.4, -0.2) is 57.4 Å². The van der Waals surface area contributed by atoms with Crippen molar-refractivity contribution < 1.29 is 9.90 Å². The maximum absolute atomic E-state index is 12.4. The van der Waals surface area contributed by atoms with Gasteiger partial charge in [-0.1, -0.05) is 26.0 Å². The Hall–Kier alpha value is -3.70. The smallest absolute Gasteiger partial charge is 0.252 e. The molecular weight excluding hydrogens is 404 g/mol. The number of hydrogen-bond acceptors (Lipinski definition) is 6. The normalized spacial score (nSPS) is 11.8. The lowest BCUT2D eigenvalue weighted by atomic mass is 10.1. The summed E-state index contributed by atoms with van der Waals surface area (Å²) in [6, 6.07) is 12.2. The second kappa shape index (κ2) is 10.6. The zero-order chi connectivity index (χ0) is 23.1. The van der Waals surface area contributed by atoms with E-state index >= 15 is 0 Å². The van der Waals surface area contributed by atoms with Gasteiger partial charge in [0.25, 0.3) is 5.91 Å². The quantitative estimate of drug-likeness (QED) is 0.538. The molecule has 166 valence electrons. The van der Waals surface area contributed by atoms with Crippen LogP contribution in [0.15, 0.2) is 48.8 Å². The molecule has 0 aliphatic carbocycles. The minimum atomic E-state index is -0.178. The summed E-state index contributed by atoms with van der Waals surface area (Å²) in [6.07, 6.45) is 4.03. The third-order valence-corrected chi connectivity index (χ3v) is 5.45. The number of carbonyl (C=O) groups is 1. The monoisotopic (exact) mass is 432 g/mol. The second-order valence-electron chi connectivity index (χ2n) is 7.89. The van der Waals surface area contributed by atoms with Gasteiger partial charge in [0.1, 0.15) is 0 Å². The molecule has 0 aliphatic heterocycles. The fourth-order valence-corrected chi connectivity index (χ4v) is 3.15. The highest BCUT2D eigenvalue weighted by atomic mass is 16.3. The first-order valence-electron chi connectivity index (χ1n) is 10.6. The minimum absolute atomic E-state index is 0.0646. The molecule has 1 unspecified atom stereocenters. The van der Waals surface area contributed by atoms with Crippen LogP contribution in [0.25, 0.3) is 16.9 Å². The number of aromatic nitrogens is 3. The van der Waals surface area contributed by atoms with E-state index in [4.69, 9.17) is 5.26 Å². The zero-order valence-electron chi connectivity index (χ0n) is 18.6. The van der Waals surface area contributed by atoms with Crippen molar-refractivity contribution in [2.75, 3.05) is 26.7 Å². The van der Waals surface area contributed by atoms with E-state index in [2.05, 4.69) is 47.3 Å². The molecule has 2 N–H and O–H groups in total. The number of hydrogen-bond donors (Lipinski definition) is 2. The lowest BCUT2D eigenvalue weighted by molar-refractivity contribution is 0.0946. The number of amides is 1. The summed E-state index contributed by atoms with van der Waals surface area (Å²) in [5.41, 5.74) is 2.26. The number of pyridine rings is 1. The Kier molecular flexibility index (Phi) is 7.58. The predicted octanol–water partition coefficient (Wildman–Crippen LogP) is 3.22. The van der Waals surface area contributed by atoms with E-state index in [1.165, 1.54) is 17.1 Å². The molecule has 2 heterocycles. The Morgan fingerprint density at radius 3 is 2.62 bits per heavy atom. The molecule has 1 aromatic carbocycles. The van der Waals surface area contributed by atoms with Gasteiger partial charge < -0.3 is 15.3 Å². The van der Waals surface area contributed by atoms with Crippen molar-refractivity contribution in [1.29, 1.82) is 5.26 Å². The number of nitrogens with one attached hydrogen (secondary N) is 1. The van der Waals surface area contributed by atoms with Crippen molar-refractivity contribution in [2.45, 2.75) is 20.3 Å². The van der Waals surface area contributed by atoms with Crippen molar-refractivity contribution in [3.05, 3.63) is 59.9 Å². The molecule has 0 aliphatic rings. The molecule has 1 amide bonds. The minimum Gasteiger partial charge on any atom is -0.493 e. The first-order valence-corrected chi connectivity index (χ1v) is 10.6. The topological polar surface area (TPSA) is 107 Å². The van der Waals surface area contributed by atoms with Gasteiger partial charge in [-0.15, -0.1) is 0 Å². The molecule has 3 rings (SSSR count). The number of benzene rings is 1. The Morgan fingerprint density at radius 2 is 2.00 bits per heavy atom. The molecule has 3 aromatic rings. The lowest BCUT2D eigenvalue weighted by Gasteiger charge is -2.17.